The molecule has 4 nitrogen and oxygen atoms in total. The lowest BCUT2D eigenvalue weighted by molar-refractivity contribution is 0.0246. The summed E-state index contributed by atoms with van der Waals surface area (Å²) in [4.78, 5) is 0. The van der Waals surface area contributed by atoms with Gasteiger partial charge in [0.2, 0.25) is 0 Å². The molecule has 0 bridgehead atoms. The van der Waals surface area contributed by atoms with E-state index in [4.69, 9.17) is 10.1 Å². The van der Waals surface area contributed by atoms with Crippen LogP contribution < -0.4 is 10.6 Å². The molecule has 0 saturated carbocycles. The van der Waals surface area contributed by atoms with Crippen molar-refractivity contribution in [2.24, 2.45) is 0 Å². The quantitative estimate of drug-likeness (QED) is 0.283. The van der Waals surface area contributed by atoms with Crippen molar-refractivity contribution in [3.8, 4) is 0 Å². The van der Waals surface area contributed by atoms with Crippen LogP contribution in [0.4, 0.5) is 0 Å². The molecule has 5 heteroatoms. The molecule has 0 aromatic heterocycles. The zero-order valence-electron chi connectivity index (χ0n) is 6.97. The van der Waals surface area contributed by atoms with Gasteiger partial charge in [-0.15, -0.1) is 12.6 Å². The van der Waals surface area contributed by atoms with Gasteiger partial charge in [-0.3, -0.25) is 5.41 Å². The monoisotopic (exact) mass is 189 g/mol. The lowest BCUT2D eigenvalue weighted by Crippen LogP contribution is -2.40. The van der Waals surface area contributed by atoms with Crippen LogP contribution >= 0.6 is 12.6 Å². The van der Waals surface area contributed by atoms with E-state index in [0.29, 0.717) is 6.10 Å². The largest absolute Gasteiger partial charge is 0.376 e. The predicted octanol–water partition coefficient (Wildman–Crippen LogP) is -0.181. The van der Waals surface area contributed by atoms with E-state index >= 15 is 0 Å². The number of rotatable bonds is 3. The van der Waals surface area contributed by atoms with Crippen molar-refractivity contribution in [1.82, 2.24) is 10.6 Å². The molecule has 0 aromatic rings. The van der Waals surface area contributed by atoms with Crippen LogP contribution in [-0.4, -0.2) is 37.5 Å². The Labute approximate surface area is 78.0 Å². The molecule has 3 N–H and O–H groups in total. The number of hydrogen-bond donors (Lipinski definition) is 4. The highest BCUT2D eigenvalue weighted by molar-refractivity contribution is 7.96. The Morgan fingerprint density at radius 3 is 3.17 bits per heavy atom. The Kier molecular flexibility index (Phi) is 4.42. The summed E-state index contributed by atoms with van der Waals surface area (Å²) in [5, 5.41) is 13.3. The molecule has 1 heterocycles. The molecule has 1 aliphatic heterocycles. The number of amidine groups is 1. The van der Waals surface area contributed by atoms with E-state index < -0.39 is 0 Å². The second kappa shape index (κ2) is 5.40. The van der Waals surface area contributed by atoms with Gasteiger partial charge in [0.15, 0.2) is 5.17 Å². The maximum Gasteiger partial charge on any atom is 0.150 e. The van der Waals surface area contributed by atoms with Crippen molar-refractivity contribution in [3.05, 3.63) is 0 Å². The lowest BCUT2D eigenvalue weighted by Gasteiger charge is -2.23. The summed E-state index contributed by atoms with van der Waals surface area (Å²) < 4.78 is 5.46. The van der Waals surface area contributed by atoms with Crippen molar-refractivity contribution >= 4 is 17.8 Å². The summed E-state index contributed by atoms with van der Waals surface area (Å²) >= 11 is 3.81. The Morgan fingerprint density at radius 1 is 1.75 bits per heavy atom. The van der Waals surface area contributed by atoms with E-state index in [0.717, 1.165) is 32.7 Å². The maximum absolute atomic E-state index is 7.01. The number of ether oxygens (including phenoxy) is 1. The molecule has 1 rings (SSSR count). The van der Waals surface area contributed by atoms with E-state index in [2.05, 4.69) is 23.3 Å². The highest BCUT2D eigenvalue weighted by atomic mass is 32.1. The van der Waals surface area contributed by atoms with E-state index in [1.807, 2.05) is 0 Å². The normalized spacial score (nSPS) is 23.6. The molecule has 0 aromatic carbocycles. The van der Waals surface area contributed by atoms with Crippen LogP contribution in [0.1, 0.15) is 6.42 Å². The molecule has 12 heavy (non-hydrogen) atoms. The van der Waals surface area contributed by atoms with E-state index in [9.17, 15) is 0 Å². The highest BCUT2D eigenvalue weighted by Gasteiger charge is 2.11. The van der Waals surface area contributed by atoms with E-state index in [-0.39, 0.29) is 5.17 Å². The first kappa shape index (κ1) is 9.83. The van der Waals surface area contributed by atoms with Gasteiger partial charge in [-0.05, 0) is 6.42 Å². The second-order valence-electron chi connectivity index (χ2n) is 2.76. The van der Waals surface area contributed by atoms with Crippen LogP contribution in [0.15, 0.2) is 0 Å². The van der Waals surface area contributed by atoms with Crippen LogP contribution in [-0.2, 0) is 4.74 Å². The molecule has 1 atom stereocenters. The fourth-order valence-corrected chi connectivity index (χ4v) is 1.27. The molecule has 0 amide bonds. The summed E-state index contributed by atoms with van der Waals surface area (Å²) in [7, 11) is 0. The second-order valence-corrected chi connectivity index (χ2v) is 3.21. The molecule has 0 spiro atoms. The summed E-state index contributed by atoms with van der Waals surface area (Å²) in [5.74, 6) is 0. The van der Waals surface area contributed by atoms with E-state index in [1.54, 1.807) is 0 Å². The van der Waals surface area contributed by atoms with Crippen molar-refractivity contribution in [3.63, 3.8) is 0 Å². The summed E-state index contributed by atoms with van der Waals surface area (Å²) in [6.07, 6.45) is 1.22. The minimum Gasteiger partial charge on any atom is -0.376 e. The standard InChI is InChI=1S/C7H15N3OS/c8-7(12)10-2-1-6-5-9-3-4-11-6/h6,9H,1-5H2,(H3,8,10,12). The minimum atomic E-state index is 0.221. The van der Waals surface area contributed by atoms with Gasteiger partial charge in [0.05, 0.1) is 12.7 Å². The molecule has 1 saturated heterocycles. The summed E-state index contributed by atoms with van der Waals surface area (Å²) in [6.45, 7) is 3.42. The van der Waals surface area contributed by atoms with Crippen LogP contribution in [0.2, 0.25) is 0 Å². The van der Waals surface area contributed by atoms with Crippen molar-refractivity contribution in [2.45, 2.75) is 12.5 Å². The van der Waals surface area contributed by atoms with Gasteiger partial charge in [-0.25, -0.2) is 0 Å². The third kappa shape index (κ3) is 3.94. The van der Waals surface area contributed by atoms with Crippen LogP contribution in [0, 0.1) is 5.41 Å². The number of thiol groups is 1. The van der Waals surface area contributed by atoms with Gasteiger partial charge < -0.3 is 15.4 Å². The molecule has 1 aliphatic rings. The van der Waals surface area contributed by atoms with Crippen molar-refractivity contribution in [2.75, 3.05) is 26.2 Å². The first-order valence-corrected chi connectivity index (χ1v) is 4.57. The third-order valence-corrected chi connectivity index (χ3v) is 1.92. The Morgan fingerprint density at radius 2 is 2.58 bits per heavy atom. The fraction of sp³-hybridized carbons (Fsp3) is 0.857. The van der Waals surface area contributed by atoms with Gasteiger partial charge in [0.25, 0.3) is 0 Å². The van der Waals surface area contributed by atoms with E-state index in [1.165, 1.54) is 0 Å². The topological polar surface area (TPSA) is 57.1 Å². The Hall–Kier alpha value is -0.260. The van der Waals surface area contributed by atoms with Gasteiger partial charge >= 0.3 is 0 Å². The lowest BCUT2D eigenvalue weighted by atomic mass is 10.2. The van der Waals surface area contributed by atoms with Crippen LogP contribution in [0.25, 0.3) is 0 Å². The molecule has 70 valence electrons. The highest BCUT2D eigenvalue weighted by Crippen LogP contribution is 1.99. The van der Waals surface area contributed by atoms with Gasteiger partial charge in [0, 0.05) is 19.6 Å². The number of morpholine rings is 1. The molecular weight excluding hydrogens is 174 g/mol. The third-order valence-electron chi connectivity index (χ3n) is 1.76. The Balaban J connectivity index is 2.01. The maximum atomic E-state index is 7.01. The van der Waals surface area contributed by atoms with Crippen molar-refractivity contribution < 1.29 is 4.74 Å². The van der Waals surface area contributed by atoms with Crippen LogP contribution in [0.5, 0.6) is 0 Å². The SMILES string of the molecule is N=C(S)NCCC1CNCCO1. The van der Waals surface area contributed by atoms with Crippen molar-refractivity contribution in [1.29, 1.82) is 5.41 Å². The molecule has 0 aliphatic carbocycles. The summed E-state index contributed by atoms with van der Waals surface area (Å²) in [5.41, 5.74) is 0. The first-order chi connectivity index (χ1) is 5.79. The van der Waals surface area contributed by atoms with Gasteiger partial charge in [-0.2, -0.15) is 0 Å². The zero-order valence-corrected chi connectivity index (χ0v) is 7.86. The smallest absolute Gasteiger partial charge is 0.150 e. The van der Waals surface area contributed by atoms with Gasteiger partial charge in [0.1, 0.15) is 0 Å². The fourth-order valence-electron chi connectivity index (χ4n) is 1.16. The predicted molar refractivity (Wildman–Crippen MR) is 51.9 cm³/mol. The zero-order chi connectivity index (χ0) is 8.81. The average Bonchev–Trinajstić information content (AvgIpc) is 2.05. The molecule has 0 radical (unpaired) electrons. The number of hydrogen-bond acceptors (Lipinski definition) is 3. The van der Waals surface area contributed by atoms with Gasteiger partial charge in [-0.1, -0.05) is 0 Å². The number of nitrogens with one attached hydrogen (secondary N) is 3. The molecule has 1 unspecified atom stereocenters. The average molecular weight is 189 g/mol. The summed E-state index contributed by atoms with van der Waals surface area (Å²) in [6, 6.07) is 0. The molecular formula is C7H15N3OS. The van der Waals surface area contributed by atoms with Crippen LogP contribution in [0.3, 0.4) is 0 Å². The minimum absolute atomic E-state index is 0.221. The first-order valence-electron chi connectivity index (χ1n) is 4.13. The Bertz CT molecular complexity index is 148. The molecule has 1 fully saturated rings.